The van der Waals surface area contributed by atoms with Gasteiger partial charge >= 0.3 is 0 Å². The van der Waals surface area contributed by atoms with Crippen LogP contribution in [-0.4, -0.2) is 24.9 Å². The summed E-state index contributed by atoms with van der Waals surface area (Å²) >= 11 is 0. The van der Waals surface area contributed by atoms with Crippen LogP contribution in [0.15, 0.2) is 0 Å². The van der Waals surface area contributed by atoms with Crippen molar-refractivity contribution in [2.75, 3.05) is 13.7 Å². The van der Waals surface area contributed by atoms with Gasteiger partial charge in [0.2, 0.25) is 0 Å². The number of methoxy groups -OCH3 is 1. The molecule has 1 atom stereocenters. The van der Waals surface area contributed by atoms with Crippen LogP contribution in [-0.2, 0) is 4.74 Å². The lowest BCUT2D eigenvalue weighted by atomic mass is 9.48. The number of aliphatic hydroxyl groups is 1. The van der Waals surface area contributed by atoms with Crippen molar-refractivity contribution in [2.45, 2.75) is 63.9 Å². The van der Waals surface area contributed by atoms with Gasteiger partial charge in [-0.25, -0.2) is 0 Å². The second-order valence-electron chi connectivity index (χ2n) is 7.41. The fraction of sp³-hybridized carbons (Fsp3) is 1.00. The van der Waals surface area contributed by atoms with Gasteiger partial charge in [-0.15, -0.1) is 0 Å². The van der Waals surface area contributed by atoms with Crippen LogP contribution in [0.4, 0.5) is 0 Å². The van der Waals surface area contributed by atoms with Crippen molar-refractivity contribution in [3.63, 3.8) is 0 Å². The molecule has 4 rings (SSSR count). The first-order chi connectivity index (χ1) is 8.69. The number of hydrogen-bond donors (Lipinski definition) is 1. The Morgan fingerprint density at radius 3 is 2.17 bits per heavy atom. The second kappa shape index (κ2) is 5.13. The molecular weight excluding hydrogens is 224 g/mol. The van der Waals surface area contributed by atoms with Gasteiger partial charge in [0.05, 0.1) is 6.10 Å². The minimum absolute atomic E-state index is 0.0867. The van der Waals surface area contributed by atoms with E-state index >= 15 is 0 Å². The molecule has 0 aromatic carbocycles. The van der Waals surface area contributed by atoms with Crippen LogP contribution in [0.2, 0.25) is 0 Å². The maximum atomic E-state index is 10.3. The third-order valence-electron chi connectivity index (χ3n) is 5.72. The first kappa shape index (κ1) is 12.9. The lowest BCUT2D eigenvalue weighted by Crippen LogP contribution is -2.47. The van der Waals surface area contributed by atoms with Gasteiger partial charge in [-0.3, -0.25) is 0 Å². The molecule has 0 heterocycles. The highest BCUT2D eigenvalue weighted by Gasteiger charge is 2.51. The highest BCUT2D eigenvalue weighted by atomic mass is 16.5. The summed E-state index contributed by atoms with van der Waals surface area (Å²) in [4.78, 5) is 0. The van der Waals surface area contributed by atoms with Crippen molar-refractivity contribution in [2.24, 2.45) is 23.2 Å². The fourth-order valence-corrected chi connectivity index (χ4v) is 5.61. The molecule has 2 heteroatoms. The Bertz CT molecular complexity index is 252. The van der Waals surface area contributed by atoms with Crippen LogP contribution in [0, 0.1) is 23.2 Å². The first-order valence-corrected chi connectivity index (χ1v) is 7.86. The molecule has 0 spiro atoms. The zero-order valence-electron chi connectivity index (χ0n) is 11.7. The Balaban J connectivity index is 1.55. The largest absolute Gasteiger partial charge is 0.393 e. The van der Waals surface area contributed by atoms with E-state index in [1.54, 1.807) is 7.11 Å². The quantitative estimate of drug-likeness (QED) is 0.734. The molecule has 4 aliphatic rings. The third kappa shape index (κ3) is 2.60. The van der Waals surface area contributed by atoms with E-state index in [2.05, 4.69) is 0 Å². The SMILES string of the molecule is COCCCC(O)CC12CC3CC(CC(C3)C1)C2. The molecule has 0 aromatic rings. The molecular formula is C16H28O2. The van der Waals surface area contributed by atoms with Gasteiger partial charge in [0.25, 0.3) is 0 Å². The Hall–Kier alpha value is -0.0800. The van der Waals surface area contributed by atoms with Gasteiger partial charge in [-0.1, -0.05) is 0 Å². The summed E-state index contributed by atoms with van der Waals surface area (Å²) in [6.45, 7) is 0.790. The molecule has 1 N–H and O–H groups in total. The molecule has 2 nitrogen and oxygen atoms in total. The number of aliphatic hydroxyl groups excluding tert-OH is 1. The van der Waals surface area contributed by atoms with E-state index in [0.29, 0.717) is 5.41 Å². The van der Waals surface area contributed by atoms with Crippen molar-refractivity contribution < 1.29 is 9.84 Å². The topological polar surface area (TPSA) is 29.5 Å². The van der Waals surface area contributed by atoms with Crippen molar-refractivity contribution in [3.05, 3.63) is 0 Å². The van der Waals surface area contributed by atoms with Gasteiger partial charge in [0.15, 0.2) is 0 Å². The predicted molar refractivity (Wildman–Crippen MR) is 72.3 cm³/mol. The zero-order chi connectivity index (χ0) is 12.6. The van der Waals surface area contributed by atoms with Gasteiger partial charge in [-0.2, -0.15) is 0 Å². The van der Waals surface area contributed by atoms with E-state index < -0.39 is 0 Å². The standard InChI is InChI=1S/C16H28O2/c1-18-4-2-3-15(17)11-16-8-12-5-13(9-16)7-14(6-12)10-16/h12-15,17H,2-11H2,1H3. The van der Waals surface area contributed by atoms with Crippen molar-refractivity contribution in [1.82, 2.24) is 0 Å². The number of ether oxygens (including phenoxy) is 1. The summed E-state index contributed by atoms with van der Waals surface area (Å²) in [5, 5.41) is 10.3. The van der Waals surface area contributed by atoms with Gasteiger partial charge in [0, 0.05) is 13.7 Å². The zero-order valence-corrected chi connectivity index (χ0v) is 11.7. The van der Waals surface area contributed by atoms with Crippen molar-refractivity contribution in [1.29, 1.82) is 0 Å². The second-order valence-corrected chi connectivity index (χ2v) is 7.41. The highest BCUT2D eigenvalue weighted by Crippen LogP contribution is 2.61. The summed E-state index contributed by atoms with van der Waals surface area (Å²) in [5.74, 6) is 3.01. The van der Waals surface area contributed by atoms with Gasteiger partial charge in [-0.05, 0) is 81.0 Å². The molecule has 0 aromatic heterocycles. The number of hydrogen-bond acceptors (Lipinski definition) is 2. The summed E-state index contributed by atoms with van der Waals surface area (Å²) in [7, 11) is 1.74. The Morgan fingerprint density at radius 1 is 1.11 bits per heavy atom. The summed E-state index contributed by atoms with van der Waals surface area (Å²) in [5.41, 5.74) is 0.529. The molecule has 4 bridgehead atoms. The van der Waals surface area contributed by atoms with Gasteiger partial charge in [0.1, 0.15) is 0 Å². The smallest absolute Gasteiger partial charge is 0.0546 e. The predicted octanol–water partition coefficient (Wildman–Crippen LogP) is 3.38. The van der Waals surface area contributed by atoms with E-state index in [1.165, 1.54) is 38.5 Å². The van der Waals surface area contributed by atoms with E-state index in [0.717, 1.165) is 43.6 Å². The van der Waals surface area contributed by atoms with Crippen LogP contribution >= 0.6 is 0 Å². The minimum atomic E-state index is -0.0867. The van der Waals surface area contributed by atoms with Crippen LogP contribution in [0.1, 0.15) is 57.8 Å². The molecule has 4 fully saturated rings. The molecule has 4 aliphatic carbocycles. The average Bonchev–Trinajstić information content (AvgIpc) is 2.26. The minimum Gasteiger partial charge on any atom is -0.393 e. The molecule has 0 radical (unpaired) electrons. The first-order valence-electron chi connectivity index (χ1n) is 7.86. The van der Waals surface area contributed by atoms with Crippen LogP contribution in [0.5, 0.6) is 0 Å². The monoisotopic (exact) mass is 252 g/mol. The van der Waals surface area contributed by atoms with E-state index in [9.17, 15) is 5.11 Å². The van der Waals surface area contributed by atoms with Crippen molar-refractivity contribution >= 4 is 0 Å². The average molecular weight is 252 g/mol. The summed E-state index contributed by atoms with van der Waals surface area (Å²) < 4.78 is 5.07. The molecule has 1 unspecified atom stereocenters. The summed E-state index contributed by atoms with van der Waals surface area (Å²) in [6, 6.07) is 0. The number of rotatable bonds is 6. The van der Waals surface area contributed by atoms with E-state index in [-0.39, 0.29) is 6.10 Å². The Labute approximate surface area is 111 Å². The van der Waals surface area contributed by atoms with E-state index in [4.69, 9.17) is 4.74 Å². The molecule has 0 saturated heterocycles. The summed E-state index contributed by atoms with van der Waals surface area (Å²) in [6.07, 6.45) is 11.7. The molecule has 4 saturated carbocycles. The maximum absolute atomic E-state index is 10.3. The van der Waals surface area contributed by atoms with Crippen molar-refractivity contribution in [3.8, 4) is 0 Å². The lowest BCUT2D eigenvalue weighted by molar-refractivity contribution is -0.0771. The normalized spacial score (nSPS) is 43.3. The molecule has 0 aliphatic heterocycles. The third-order valence-corrected chi connectivity index (χ3v) is 5.72. The Kier molecular flexibility index (Phi) is 3.68. The molecule has 0 amide bonds. The maximum Gasteiger partial charge on any atom is 0.0546 e. The highest BCUT2D eigenvalue weighted by molar-refractivity contribution is 5.01. The van der Waals surface area contributed by atoms with Crippen LogP contribution in [0.25, 0.3) is 0 Å². The molecule has 18 heavy (non-hydrogen) atoms. The lowest BCUT2D eigenvalue weighted by Gasteiger charge is -2.57. The van der Waals surface area contributed by atoms with Crippen LogP contribution in [0.3, 0.4) is 0 Å². The Morgan fingerprint density at radius 2 is 1.67 bits per heavy atom. The van der Waals surface area contributed by atoms with Gasteiger partial charge < -0.3 is 9.84 Å². The van der Waals surface area contributed by atoms with Crippen LogP contribution < -0.4 is 0 Å². The fourth-order valence-electron chi connectivity index (χ4n) is 5.61. The molecule has 104 valence electrons. The van der Waals surface area contributed by atoms with E-state index in [1.807, 2.05) is 0 Å².